The standard InChI is InChI=1S/C15H14ClFN2O2/c1-9(21-12-5-6-13(16)14(17)8-12)15(20)19-11-4-2-3-10(18)7-11/h2-9H,18H2,1H3,(H,19,20). The van der Waals surface area contributed by atoms with Crippen LogP contribution in [0.25, 0.3) is 0 Å². The highest BCUT2D eigenvalue weighted by atomic mass is 35.5. The van der Waals surface area contributed by atoms with Gasteiger partial charge in [-0.05, 0) is 37.3 Å². The van der Waals surface area contributed by atoms with Crippen molar-refractivity contribution in [2.24, 2.45) is 0 Å². The molecule has 1 unspecified atom stereocenters. The second kappa shape index (κ2) is 6.45. The molecule has 0 bridgehead atoms. The fourth-order valence-electron chi connectivity index (χ4n) is 1.67. The summed E-state index contributed by atoms with van der Waals surface area (Å²) in [5.74, 6) is -0.735. The number of ether oxygens (including phenoxy) is 1. The molecule has 0 saturated heterocycles. The maximum atomic E-state index is 13.3. The zero-order valence-electron chi connectivity index (χ0n) is 11.3. The lowest BCUT2D eigenvalue weighted by Crippen LogP contribution is -2.30. The number of amides is 1. The summed E-state index contributed by atoms with van der Waals surface area (Å²) in [5.41, 5.74) is 6.74. The zero-order valence-corrected chi connectivity index (χ0v) is 12.0. The van der Waals surface area contributed by atoms with Crippen LogP contribution in [0.15, 0.2) is 42.5 Å². The van der Waals surface area contributed by atoms with E-state index in [1.165, 1.54) is 12.1 Å². The van der Waals surface area contributed by atoms with Gasteiger partial charge in [-0.1, -0.05) is 17.7 Å². The second-order valence-corrected chi connectivity index (χ2v) is 4.86. The minimum Gasteiger partial charge on any atom is -0.481 e. The van der Waals surface area contributed by atoms with Crippen LogP contribution in [0.5, 0.6) is 5.75 Å². The van der Waals surface area contributed by atoms with Crippen LogP contribution in [0.3, 0.4) is 0 Å². The number of hydrogen-bond acceptors (Lipinski definition) is 3. The van der Waals surface area contributed by atoms with Crippen molar-refractivity contribution in [3.63, 3.8) is 0 Å². The first-order chi connectivity index (χ1) is 9.95. The molecule has 0 aliphatic carbocycles. The Bertz CT molecular complexity index is 664. The average Bonchev–Trinajstić information content (AvgIpc) is 2.43. The van der Waals surface area contributed by atoms with Crippen molar-refractivity contribution in [3.05, 3.63) is 53.3 Å². The Balaban J connectivity index is 2.00. The molecule has 1 atom stereocenters. The van der Waals surface area contributed by atoms with Gasteiger partial charge >= 0.3 is 0 Å². The number of nitrogen functional groups attached to an aromatic ring is 1. The van der Waals surface area contributed by atoms with Crippen molar-refractivity contribution in [1.82, 2.24) is 0 Å². The fraction of sp³-hybridized carbons (Fsp3) is 0.133. The van der Waals surface area contributed by atoms with E-state index in [4.69, 9.17) is 22.1 Å². The number of nitrogens with one attached hydrogen (secondary N) is 1. The summed E-state index contributed by atoms with van der Waals surface area (Å²) >= 11 is 5.58. The highest BCUT2D eigenvalue weighted by Crippen LogP contribution is 2.21. The number of carbonyl (C=O) groups is 1. The Morgan fingerprint density at radius 2 is 2.10 bits per heavy atom. The molecule has 6 heteroatoms. The lowest BCUT2D eigenvalue weighted by atomic mass is 10.2. The van der Waals surface area contributed by atoms with Gasteiger partial charge in [-0.25, -0.2) is 4.39 Å². The number of hydrogen-bond donors (Lipinski definition) is 2. The molecule has 0 radical (unpaired) electrons. The summed E-state index contributed by atoms with van der Waals surface area (Å²) in [6.45, 7) is 1.56. The first-order valence-corrected chi connectivity index (χ1v) is 6.61. The quantitative estimate of drug-likeness (QED) is 0.850. The molecule has 0 saturated carbocycles. The summed E-state index contributed by atoms with van der Waals surface area (Å²) in [4.78, 5) is 12.0. The van der Waals surface area contributed by atoms with Gasteiger partial charge in [0, 0.05) is 17.4 Å². The third kappa shape index (κ3) is 4.10. The third-order valence-electron chi connectivity index (χ3n) is 2.73. The molecule has 21 heavy (non-hydrogen) atoms. The third-order valence-corrected chi connectivity index (χ3v) is 3.03. The number of anilines is 2. The number of benzene rings is 2. The Morgan fingerprint density at radius 3 is 2.76 bits per heavy atom. The summed E-state index contributed by atoms with van der Waals surface area (Å²) < 4.78 is 18.7. The molecular formula is C15H14ClFN2O2. The average molecular weight is 309 g/mol. The molecule has 2 aromatic carbocycles. The van der Waals surface area contributed by atoms with E-state index in [-0.39, 0.29) is 16.7 Å². The fourth-order valence-corrected chi connectivity index (χ4v) is 1.79. The van der Waals surface area contributed by atoms with Gasteiger partial charge in [-0.15, -0.1) is 0 Å². The van der Waals surface area contributed by atoms with E-state index in [1.54, 1.807) is 31.2 Å². The number of nitrogens with two attached hydrogens (primary N) is 1. The van der Waals surface area contributed by atoms with Gasteiger partial charge in [0.15, 0.2) is 6.10 Å². The number of carbonyl (C=O) groups excluding carboxylic acids is 1. The van der Waals surface area contributed by atoms with Crippen LogP contribution in [0.1, 0.15) is 6.92 Å². The maximum absolute atomic E-state index is 13.3. The molecule has 4 nitrogen and oxygen atoms in total. The SMILES string of the molecule is CC(Oc1ccc(Cl)c(F)c1)C(=O)Nc1cccc(N)c1. The van der Waals surface area contributed by atoms with Crippen molar-refractivity contribution in [2.45, 2.75) is 13.0 Å². The smallest absolute Gasteiger partial charge is 0.265 e. The predicted molar refractivity (Wildman–Crippen MR) is 81.0 cm³/mol. The van der Waals surface area contributed by atoms with Crippen molar-refractivity contribution < 1.29 is 13.9 Å². The topological polar surface area (TPSA) is 64.3 Å². The van der Waals surface area contributed by atoms with Crippen LogP contribution in [0.4, 0.5) is 15.8 Å². The molecule has 110 valence electrons. The van der Waals surface area contributed by atoms with Gasteiger partial charge in [-0.2, -0.15) is 0 Å². The second-order valence-electron chi connectivity index (χ2n) is 4.45. The summed E-state index contributed by atoms with van der Waals surface area (Å²) in [7, 11) is 0. The van der Waals surface area contributed by atoms with Crippen LogP contribution in [0.2, 0.25) is 5.02 Å². The molecule has 1 amide bonds. The monoisotopic (exact) mass is 308 g/mol. The maximum Gasteiger partial charge on any atom is 0.265 e. The van der Waals surface area contributed by atoms with E-state index in [9.17, 15) is 9.18 Å². The molecule has 0 spiro atoms. The van der Waals surface area contributed by atoms with Gasteiger partial charge in [0.25, 0.3) is 5.91 Å². The zero-order chi connectivity index (χ0) is 15.4. The van der Waals surface area contributed by atoms with Gasteiger partial charge in [-0.3, -0.25) is 4.79 Å². The lowest BCUT2D eigenvalue weighted by Gasteiger charge is -2.15. The molecule has 0 aliphatic heterocycles. The van der Waals surface area contributed by atoms with E-state index in [1.807, 2.05) is 0 Å². The molecule has 2 rings (SSSR count). The molecule has 0 aromatic heterocycles. The first kappa shape index (κ1) is 15.1. The molecule has 2 aromatic rings. The molecule has 0 fully saturated rings. The number of rotatable bonds is 4. The molecule has 3 N–H and O–H groups in total. The van der Waals surface area contributed by atoms with Crippen LogP contribution >= 0.6 is 11.6 Å². The minimum absolute atomic E-state index is 0.000727. The van der Waals surface area contributed by atoms with E-state index >= 15 is 0 Å². The van der Waals surface area contributed by atoms with Crippen molar-refractivity contribution in [3.8, 4) is 5.75 Å². The predicted octanol–water partition coefficient (Wildman–Crippen LogP) is 3.47. The van der Waals surface area contributed by atoms with Gasteiger partial charge in [0.1, 0.15) is 11.6 Å². The highest BCUT2D eigenvalue weighted by Gasteiger charge is 2.15. The van der Waals surface area contributed by atoms with E-state index in [2.05, 4.69) is 5.32 Å². The van der Waals surface area contributed by atoms with E-state index in [0.717, 1.165) is 6.07 Å². The van der Waals surface area contributed by atoms with Crippen LogP contribution in [0, 0.1) is 5.82 Å². The Hall–Kier alpha value is -2.27. The van der Waals surface area contributed by atoms with Crippen molar-refractivity contribution >= 4 is 28.9 Å². The van der Waals surface area contributed by atoms with Crippen molar-refractivity contribution in [1.29, 1.82) is 0 Å². The molecule has 0 aliphatic rings. The van der Waals surface area contributed by atoms with Crippen LogP contribution in [-0.2, 0) is 4.79 Å². The van der Waals surface area contributed by atoms with Gasteiger partial charge in [0.2, 0.25) is 0 Å². The lowest BCUT2D eigenvalue weighted by molar-refractivity contribution is -0.122. The molecule has 0 heterocycles. The largest absolute Gasteiger partial charge is 0.481 e. The van der Waals surface area contributed by atoms with Crippen molar-refractivity contribution in [2.75, 3.05) is 11.1 Å². The Kier molecular flexibility index (Phi) is 4.65. The van der Waals surface area contributed by atoms with E-state index < -0.39 is 11.9 Å². The van der Waals surface area contributed by atoms with Gasteiger partial charge < -0.3 is 15.8 Å². The van der Waals surface area contributed by atoms with E-state index in [0.29, 0.717) is 11.4 Å². The number of halogens is 2. The van der Waals surface area contributed by atoms with Crippen LogP contribution < -0.4 is 15.8 Å². The minimum atomic E-state index is -0.799. The molecular weight excluding hydrogens is 295 g/mol. The normalized spacial score (nSPS) is 11.8. The van der Waals surface area contributed by atoms with Gasteiger partial charge in [0.05, 0.1) is 5.02 Å². The summed E-state index contributed by atoms with van der Waals surface area (Å²) in [5, 5.41) is 2.66. The summed E-state index contributed by atoms with van der Waals surface area (Å²) in [6.07, 6.45) is -0.799. The highest BCUT2D eigenvalue weighted by molar-refractivity contribution is 6.30. The van der Waals surface area contributed by atoms with Crippen LogP contribution in [-0.4, -0.2) is 12.0 Å². The Labute approximate surface area is 126 Å². The summed E-state index contributed by atoms with van der Waals surface area (Å²) in [6, 6.07) is 10.8. The Morgan fingerprint density at radius 1 is 1.33 bits per heavy atom. The first-order valence-electron chi connectivity index (χ1n) is 6.24.